The van der Waals surface area contributed by atoms with Gasteiger partial charge in [-0.25, -0.2) is 0 Å². The first-order chi connectivity index (χ1) is 13.1. The minimum absolute atomic E-state index is 0.119. The highest BCUT2D eigenvalue weighted by Crippen LogP contribution is 2.50. The smallest absolute Gasteiger partial charge is 0.261 e. The molecule has 2 aromatic carbocycles. The summed E-state index contributed by atoms with van der Waals surface area (Å²) in [5, 5.41) is 6.40. The van der Waals surface area contributed by atoms with Gasteiger partial charge in [-0.05, 0) is 68.5 Å². The molecule has 2 atom stereocenters. The number of nitrogens with zero attached hydrogens (tertiary/aromatic N) is 3. The van der Waals surface area contributed by atoms with Crippen molar-refractivity contribution in [3.8, 4) is 0 Å². The second kappa shape index (κ2) is 6.20. The van der Waals surface area contributed by atoms with Crippen molar-refractivity contribution in [3.05, 3.63) is 58.6 Å². The average molecular weight is 424 g/mol. The van der Waals surface area contributed by atoms with Crippen molar-refractivity contribution in [2.45, 2.75) is 38.6 Å². The van der Waals surface area contributed by atoms with Crippen LogP contribution in [0.25, 0.3) is 0 Å². The number of halogens is 1. The molecular formula is C22H22BrN3O. The average Bonchev–Trinajstić information content (AvgIpc) is 2.94. The van der Waals surface area contributed by atoms with E-state index in [0.717, 1.165) is 35.3 Å². The van der Waals surface area contributed by atoms with E-state index in [2.05, 4.69) is 39.0 Å². The number of carbonyl (C=O) groups is 1. The number of fused-ring (bicyclic) bond motifs is 4. The predicted octanol–water partition coefficient (Wildman–Crippen LogP) is 4.77. The SMILES string of the molecule is CC1=NN(c2ccccc2)C(=O)[C@]12Cc1cc(Br)ccc1N1CCCC[C@H]12. The van der Waals surface area contributed by atoms with Crippen molar-refractivity contribution in [2.24, 2.45) is 10.5 Å². The van der Waals surface area contributed by atoms with E-state index in [1.54, 1.807) is 5.01 Å². The van der Waals surface area contributed by atoms with Crippen LogP contribution in [0.2, 0.25) is 0 Å². The van der Waals surface area contributed by atoms with Crippen molar-refractivity contribution in [1.82, 2.24) is 0 Å². The van der Waals surface area contributed by atoms with Crippen molar-refractivity contribution in [2.75, 3.05) is 16.5 Å². The van der Waals surface area contributed by atoms with E-state index >= 15 is 0 Å². The first-order valence-corrected chi connectivity index (χ1v) is 10.4. The number of carbonyl (C=O) groups excluding carboxylic acids is 1. The van der Waals surface area contributed by atoms with Crippen LogP contribution >= 0.6 is 15.9 Å². The lowest BCUT2D eigenvalue weighted by molar-refractivity contribution is -0.125. The monoisotopic (exact) mass is 423 g/mol. The van der Waals surface area contributed by atoms with Gasteiger partial charge in [-0.15, -0.1) is 0 Å². The molecule has 5 rings (SSSR count). The highest BCUT2D eigenvalue weighted by Gasteiger charge is 2.59. The number of piperidine rings is 1. The number of hydrazone groups is 1. The van der Waals surface area contributed by atoms with Crippen molar-refractivity contribution >= 4 is 38.9 Å². The standard InChI is InChI=1S/C22H22BrN3O/c1-15-22(21(27)26(24-15)18-7-3-2-4-8-18)14-16-13-17(23)10-11-19(16)25-12-6-5-9-20(22)25/h2-4,7-8,10-11,13,20H,5-6,9,12,14H2,1H3/t20-,22+/m0/s1. The molecule has 0 saturated carbocycles. The Kier molecular flexibility index (Phi) is 3.90. The second-order valence-corrected chi connectivity index (χ2v) is 8.68. The lowest BCUT2D eigenvalue weighted by atomic mass is 9.66. The lowest BCUT2D eigenvalue weighted by Gasteiger charge is -2.51. The van der Waals surface area contributed by atoms with E-state index in [-0.39, 0.29) is 11.9 Å². The molecule has 1 saturated heterocycles. The molecule has 5 heteroatoms. The molecule has 0 bridgehead atoms. The van der Waals surface area contributed by atoms with E-state index in [9.17, 15) is 4.79 Å². The van der Waals surface area contributed by atoms with Crippen molar-refractivity contribution in [1.29, 1.82) is 0 Å². The third-order valence-electron chi connectivity index (χ3n) is 6.36. The molecule has 1 fully saturated rings. The van der Waals surface area contributed by atoms with Crippen LogP contribution < -0.4 is 9.91 Å². The summed E-state index contributed by atoms with van der Waals surface area (Å²) in [7, 11) is 0. The zero-order chi connectivity index (χ0) is 18.6. The van der Waals surface area contributed by atoms with Gasteiger partial charge in [0.2, 0.25) is 0 Å². The Morgan fingerprint density at radius 3 is 2.78 bits per heavy atom. The summed E-state index contributed by atoms with van der Waals surface area (Å²) in [4.78, 5) is 16.3. The minimum Gasteiger partial charge on any atom is -0.367 e. The van der Waals surface area contributed by atoms with Gasteiger partial charge in [0, 0.05) is 22.7 Å². The molecule has 1 amide bonds. The number of benzene rings is 2. The number of anilines is 2. The molecule has 0 N–H and O–H groups in total. The molecule has 0 aromatic heterocycles. The van der Waals surface area contributed by atoms with Gasteiger partial charge in [0.05, 0.1) is 11.4 Å². The normalized spacial score (nSPS) is 26.8. The van der Waals surface area contributed by atoms with Gasteiger partial charge >= 0.3 is 0 Å². The van der Waals surface area contributed by atoms with Crippen molar-refractivity contribution < 1.29 is 4.79 Å². The van der Waals surface area contributed by atoms with Crippen LogP contribution in [-0.4, -0.2) is 24.2 Å². The highest BCUT2D eigenvalue weighted by atomic mass is 79.9. The van der Waals surface area contributed by atoms with Gasteiger partial charge in [-0.3, -0.25) is 4.79 Å². The quantitative estimate of drug-likeness (QED) is 0.661. The maximum Gasteiger partial charge on any atom is 0.261 e. The van der Waals surface area contributed by atoms with Crippen LogP contribution in [0.5, 0.6) is 0 Å². The summed E-state index contributed by atoms with van der Waals surface area (Å²) in [5.74, 6) is 0.119. The minimum atomic E-state index is -0.565. The summed E-state index contributed by atoms with van der Waals surface area (Å²) in [6.07, 6.45) is 4.10. The number of amides is 1. The molecule has 1 spiro atoms. The fourth-order valence-corrected chi connectivity index (χ4v) is 5.49. The first-order valence-electron chi connectivity index (χ1n) is 9.61. The summed E-state index contributed by atoms with van der Waals surface area (Å²) in [6.45, 7) is 3.05. The van der Waals surface area contributed by atoms with Crippen LogP contribution in [0.4, 0.5) is 11.4 Å². The summed E-state index contributed by atoms with van der Waals surface area (Å²) in [6, 6.07) is 16.5. The van der Waals surface area contributed by atoms with E-state index in [1.165, 1.54) is 24.1 Å². The summed E-state index contributed by atoms with van der Waals surface area (Å²) in [5.41, 5.74) is 3.75. The molecule has 138 valence electrons. The molecule has 3 aliphatic rings. The first kappa shape index (κ1) is 17.0. The molecule has 0 unspecified atom stereocenters. The third-order valence-corrected chi connectivity index (χ3v) is 6.86. The maximum absolute atomic E-state index is 13.8. The Morgan fingerprint density at radius 2 is 1.96 bits per heavy atom. The van der Waals surface area contributed by atoms with Gasteiger partial charge in [0.25, 0.3) is 5.91 Å². The van der Waals surface area contributed by atoms with Gasteiger partial charge < -0.3 is 4.90 Å². The van der Waals surface area contributed by atoms with Gasteiger partial charge in [0.1, 0.15) is 5.41 Å². The fourth-order valence-electron chi connectivity index (χ4n) is 5.09. The molecule has 3 aliphatic heterocycles. The summed E-state index contributed by atoms with van der Waals surface area (Å²) >= 11 is 3.61. The van der Waals surface area contributed by atoms with Crippen LogP contribution in [0, 0.1) is 5.41 Å². The third kappa shape index (κ3) is 2.40. The van der Waals surface area contributed by atoms with E-state index in [4.69, 9.17) is 5.10 Å². The van der Waals surface area contributed by atoms with Gasteiger partial charge in [0.15, 0.2) is 0 Å². The highest BCUT2D eigenvalue weighted by molar-refractivity contribution is 9.10. The Labute approximate surface area is 168 Å². The molecule has 2 aromatic rings. The molecule has 27 heavy (non-hydrogen) atoms. The molecule has 3 heterocycles. The maximum atomic E-state index is 13.8. The van der Waals surface area contributed by atoms with Gasteiger partial charge in [-0.2, -0.15) is 10.1 Å². The van der Waals surface area contributed by atoms with E-state index in [0.29, 0.717) is 0 Å². The number of para-hydroxylation sites is 1. The van der Waals surface area contributed by atoms with Crippen molar-refractivity contribution in [3.63, 3.8) is 0 Å². The van der Waals surface area contributed by atoms with Crippen LogP contribution in [-0.2, 0) is 11.2 Å². The Bertz CT molecular complexity index is 942. The van der Waals surface area contributed by atoms with E-state index in [1.807, 2.05) is 37.3 Å². The molecule has 0 radical (unpaired) electrons. The summed E-state index contributed by atoms with van der Waals surface area (Å²) < 4.78 is 1.06. The van der Waals surface area contributed by atoms with Crippen LogP contribution in [0.15, 0.2) is 58.1 Å². The molecule has 0 aliphatic carbocycles. The molecular weight excluding hydrogens is 402 g/mol. The second-order valence-electron chi connectivity index (χ2n) is 7.76. The number of hydrogen-bond donors (Lipinski definition) is 0. The largest absolute Gasteiger partial charge is 0.367 e. The Hall–Kier alpha value is -2.14. The number of rotatable bonds is 1. The lowest BCUT2D eigenvalue weighted by Crippen LogP contribution is -2.61. The van der Waals surface area contributed by atoms with Crippen LogP contribution in [0.3, 0.4) is 0 Å². The fraction of sp³-hybridized carbons (Fsp3) is 0.364. The Morgan fingerprint density at radius 1 is 1.15 bits per heavy atom. The predicted molar refractivity (Wildman–Crippen MR) is 112 cm³/mol. The zero-order valence-electron chi connectivity index (χ0n) is 15.4. The number of hydrogen-bond acceptors (Lipinski definition) is 3. The molecule has 4 nitrogen and oxygen atoms in total. The van der Waals surface area contributed by atoms with Crippen LogP contribution in [0.1, 0.15) is 31.7 Å². The van der Waals surface area contributed by atoms with E-state index < -0.39 is 5.41 Å². The topological polar surface area (TPSA) is 35.9 Å². The zero-order valence-corrected chi connectivity index (χ0v) is 16.9. The van der Waals surface area contributed by atoms with Gasteiger partial charge in [-0.1, -0.05) is 34.1 Å². The Balaban J connectivity index is 1.65.